The Balaban J connectivity index is 1.41. The molecule has 1 saturated heterocycles. The minimum Gasteiger partial charge on any atom is -0.490 e. The van der Waals surface area contributed by atoms with Crippen molar-refractivity contribution in [3.05, 3.63) is 59.4 Å². The third kappa shape index (κ3) is 4.42. The summed E-state index contributed by atoms with van der Waals surface area (Å²) in [5.41, 5.74) is 1.46. The van der Waals surface area contributed by atoms with Crippen LogP contribution in [0.1, 0.15) is 54.1 Å². The van der Waals surface area contributed by atoms with Gasteiger partial charge in [0.15, 0.2) is 17.3 Å². The van der Waals surface area contributed by atoms with Gasteiger partial charge in [-0.1, -0.05) is 6.07 Å². The highest BCUT2D eigenvalue weighted by atomic mass is 19.1. The van der Waals surface area contributed by atoms with Gasteiger partial charge < -0.3 is 14.4 Å². The van der Waals surface area contributed by atoms with Crippen LogP contribution in [0.5, 0.6) is 11.5 Å². The van der Waals surface area contributed by atoms with Crippen LogP contribution in [-0.4, -0.2) is 36.3 Å². The van der Waals surface area contributed by atoms with Crippen molar-refractivity contribution in [3.63, 3.8) is 0 Å². The number of Topliss-reactive ketones (excluding diaryl/α,β-unsaturated/α-hetero) is 1. The number of amides is 1. The van der Waals surface area contributed by atoms with E-state index < -0.39 is 0 Å². The summed E-state index contributed by atoms with van der Waals surface area (Å²) in [5, 5.41) is 0. The molecular weight excluding hydrogens is 373 g/mol. The third-order valence-electron chi connectivity index (χ3n) is 5.46. The number of rotatable bonds is 5. The van der Waals surface area contributed by atoms with Crippen LogP contribution in [0.3, 0.4) is 0 Å². The normalized spacial score (nSPS) is 18.4. The maximum Gasteiger partial charge on any atom is 0.223 e. The summed E-state index contributed by atoms with van der Waals surface area (Å²) in [6.45, 7) is 1.94. The van der Waals surface area contributed by atoms with Crippen LogP contribution >= 0.6 is 0 Å². The lowest BCUT2D eigenvalue weighted by Crippen LogP contribution is -2.30. The third-order valence-corrected chi connectivity index (χ3v) is 5.46. The standard InChI is InChI=1S/C23H24FNO4/c24-18-7-4-16(5-8-18)20(26)9-11-23(27)25-12-1-3-19(25)17-6-10-21-22(15-17)29-14-2-13-28-21/h4-8,10,15,19H,1-3,9,11-14H2. The van der Waals surface area contributed by atoms with Crippen LogP contribution in [0.15, 0.2) is 42.5 Å². The number of hydrogen-bond donors (Lipinski definition) is 0. The highest BCUT2D eigenvalue weighted by Gasteiger charge is 2.30. The Labute approximate surface area is 169 Å². The number of carbonyl (C=O) groups is 2. The molecular formula is C23H24FNO4. The van der Waals surface area contributed by atoms with Crippen molar-refractivity contribution in [2.45, 2.75) is 38.1 Å². The summed E-state index contributed by atoms with van der Waals surface area (Å²) < 4.78 is 24.5. The van der Waals surface area contributed by atoms with Crippen molar-refractivity contribution in [2.24, 2.45) is 0 Å². The number of fused-ring (bicyclic) bond motifs is 1. The highest BCUT2D eigenvalue weighted by Crippen LogP contribution is 2.38. The van der Waals surface area contributed by atoms with Gasteiger partial charge in [-0.05, 0) is 54.8 Å². The monoisotopic (exact) mass is 397 g/mol. The first-order valence-corrected chi connectivity index (χ1v) is 10.1. The van der Waals surface area contributed by atoms with Crippen LogP contribution in [0.2, 0.25) is 0 Å². The molecule has 0 radical (unpaired) electrons. The van der Waals surface area contributed by atoms with E-state index in [9.17, 15) is 14.0 Å². The van der Waals surface area contributed by atoms with Crippen molar-refractivity contribution in [3.8, 4) is 11.5 Å². The molecule has 5 nitrogen and oxygen atoms in total. The van der Waals surface area contributed by atoms with Gasteiger partial charge in [0.2, 0.25) is 5.91 Å². The van der Waals surface area contributed by atoms with Gasteiger partial charge in [0.05, 0.1) is 19.3 Å². The quantitative estimate of drug-likeness (QED) is 0.706. The average molecular weight is 397 g/mol. The second-order valence-electron chi connectivity index (χ2n) is 7.43. The van der Waals surface area contributed by atoms with E-state index >= 15 is 0 Å². The Morgan fingerprint density at radius 2 is 1.72 bits per heavy atom. The molecule has 0 N–H and O–H groups in total. The molecule has 1 fully saturated rings. The zero-order chi connectivity index (χ0) is 20.2. The molecule has 1 atom stereocenters. The molecule has 0 aliphatic carbocycles. The minimum absolute atomic E-state index is 0.0134. The van der Waals surface area contributed by atoms with Gasteiger partial charge in [0.25, 0.3) is 0 Å². The number of hydrogen-bond acceptors (Lipinski definition) is 4. The van der Waals surface area contributed by atoms with Gasteiger partial charge in [-0.2, -0.15) is 0 Å². The van der Waals surface area contributed by atoms with Crippen molar-refractivity contribution in [1.29, 1.82) is 0 Å². The molecule has 2 aromatic rings. The highest BCUT2D eigenvalue weighted by molar-refractivity contribution is 5.98. The fourth-order valence-corrected chi connectivity index (χ4v) is 3.94. The molecule has 0 saturated carbocycles. The smallest absolute Gasteiger partial charge is 0.223 e. The van der Waals surface area contributed by atoms with E-state index in [1.807, 2.05) is 23.1 Å². The summed E-state index contributed by atoms with van der Waals surface area (Å²) in [7, 11) is 0. The summed E-state index contributed by atoms with van der Waals surface area (Å²) in [5.74, 6) is 0.908. The van der Waals surface area contributed by atoms with Crippen molar-refractivity contribution < 1.29 is 23.5 Å². The van der Waals surface area contributed by atoms with Gasteiger partial charge in [-0.25, -0.2) is 4.39 Å². The van der Waals surface area contributed by atoms with Crippen LogP contribution < -0.4 is 9.47 Å². The predicted octanol–water partition coefficient (Wildman–Crippen LogP) is 4.31. The predicted molar refractivity (Wildman–Crippen MR) is 106 cm³/mol. The number of carbonyl (C=O) groups excluding carboxylic acids is 2. The van der Waals surface area contributed by atoms with E-state index in [-0.39, 0.29) is 36.4 Å². The van der Waals surface area contributed by atoms with Crippen LogP contribution in [0.4, 0.5) is 4.39 Å². The largest absolute Gasteiger partial charge is 0.490 e. The molecule has 2 aromatic carbocycles. The molecule has 1 unspecified atom stereocenters. The Bertz CT molecular complexity index is 896. The second-order valence-corrected chi connectivity index (χ2v) is 7.43. The Morgan fingerprint density at radius 1 is 0.966 bits per heavy atom. The first-order chi connectivity index (χ1) is 14.1. The molecule has 2 heterocycles. The first kappa shape index (κ1) is 19.4. The van der Waals surface area contributed by atoms with Gasteiger partial charge in [0, 0.05) is 31.4 Å². The summed E-state index contributed by atoms with van der Waals surface area (Å²) >= 11 is 0. The van der Waals surface area contributed by atoms with E-state index in [2.05, 4.69) is 0 Å². The fraction of sp³-hybridized carbons (Fsp3) is 0.391. The van der Waals surface area contributed by atoms with Crippen molar-refractivity contribution in [1.82, 2.24) is 4.90 Å². The lowest BCUT2D eigenvalue weighted by Gasteiger charge is -2.25. The Kier molecular flexibility index (Phi) is 5.79. The molecule has 0 spiro atoms. The Morgan fingerprint density at radius 3 is 2.52 bits per heavy atom. The average Bonchev–Trinajstić information content (AvgIpc) is 3.11. The molecule has 6 heteroatoms. The number of halogens is 1. The van der Waals surface area contributed by atoms with Crippen LogP contribution in [0.25, 0.3) is 0 Å². The van der Waals surface area contributed by atoms with Gasteiger partial charge in [-0.3, -0.25) is 9.59 Å². The number of ether oxygens (including phenoxy) is 2. The fourth-order valence-electron chi connectivity index (χ4n) is 3.94. The van der Waals surface area contributed by atoms with E-state index in [1.165, 1.54) is 24.3 Å². The summed E-state index contributed by atoms with van der Waals surface area (Å²) in [6.07, 6.45) is 2.93. The van der Waals surface area contributed by atoms with E-state index in [0.717, 1.165) is 36.3 Å². The molecule has 0 bridgehead atoms. The number of likely N-dealkylation sites (tertiary alicyclic amines) is 1. The molecule has 1 amide bonds. The van der Waals surface area contributed by atoms with Gasteiger partial charge in [0.1, 0.15) is 5.82 Å². The van der Waals surface area contributed by atoms with E-state index in [1.54, 1.807) is 0 Å². The maximum atomic E-state index is 13.0. The second kappa shape index (κ2) is 8.64. The number of ketones is 1. The molecule has 2 aliphatic rings. The summed E-state index contributed by atoms with van der Waals surface area (Å²) in [6, 6.07) is 11.3. The molecule has 4 rings (SSSR count). The zero-order valence-electron chi connectivity index (χ0n) is 16.2. The number of nitrogens with zero attached hydrogens (tertiary/aromatic N) is 1. The maximum absolute atomic E-state index is 13.0. The van der Waals surface area contributed by atoms with E-state index in [4.69, 9.17) is 9.47 Å². The van der Waals surface area contributed by atoms with E-state index in [0.29, 0.717) is 25.3 Å². The number of benzene rings is 2. The van der Waals surface area contributed by atoms with Gasteiger partial charge >= 0.3 is 0 Å². The molecule has 2 aliphatic heterocycles. The van der Waals surface area contributed by atoms with Crippen LogP contribution in [0, 0.1) is 5.82 Å². The molecule has 29 heavy (non-hydrogen) atoms. The summed E-state index contributed by atoms with van der Waals surface area (Å²) in [4.78, 5) is 27.0. The SMILES string of the molecule is O=C(CCC(=O)N1CCCC1c1ccc2c(c1)OCCCO2)c1ccc(F)cc1. The van der Waals surface area contributed by atoms with Gasteiger partial charge in [-0.15, -0.1) is 0 Å². The zero-order valence-corrected chi connectivity index (χ0v) is 16.2. The Hall–Kier alpha value is -2.89. The molecule has 152 valence electrons. The van der Waals surface area contributed by atoms with Crippen molar-refractivity contribution >= 4 is 11.7 Å². The van der Waals surface area contributed by atoms with Crippen LogP contribution in [-0.2, 0) is 4.79 Å². The molecule has 0 aromatic heterocycles. The topological polar surface area (TPSA) is 55.8 Å². The lowest BCUT2D eigenvalue weighted by molar-refractivity contribution is -0.132. The minimum atomic E-state index is -0.382. The first-order valence-electron chi connectivity index (χ1n) is 10.1. The van der Waals surface area contributed by atoms with Crippen molar-refractivity contribution in [2.75, 3.05) is 19.8 Å². The lowest BCUT2D eigenvalue weighted by atomic mass is 10.0.